The number of amides is 1. The first-order valence-electron chi connectivity index (χ1n) is 8.69. The SMILES string of the molecule is Cc1c(C(=O)N2CCCC[C@@H]2CNS(C)(=O)=O)oc2c1C(=O)CCC2. The summed E-state index contributed by atoms with van der Waals surface area (Å²) in [7, 11) is -3.31. The van der Waals surface area contributed by atoms with Gasteiger partial charge in [-0.25, -0.2) is 13.1 Å². The smallest absolute Gasteiger partial charge is 0.290 e. The second kappa shape index (κ2) is 6.92. The third-order valence-corrected chi connectivity index (χ3v) is 5.66. The number of nitrogens with one attached hydrogen (secondary N) is 1. The number of carbonyl (C=O) groups excluding carboxylic acids is 2. The van der Waals surface area contributed by atoms with Crippen molar-refractivity contribution >= 4 is 21.7 Å². The van der Waals surface area contributed by atoms with Crippen molar-refractivity contribution in [1.82, 2.24) is 9.62 Å². The molecule has 2 aliphatic rings. The molecular formula is C17H24N2O5S. The number of Topliss-reactive ketones (excluding diaryl/α,β-unsaturated/α-hetero) is 1. The molecule has 1 aromatic heterocycles. The molecule has 0 unspecified atom stereocenters. The lowest BCUT2D eigenvalue weighted by Crippen LogP contribution is -2.49. The van der Waals surface area contributed by atoms with Crippen LogP contribution in [0.25, 0.3) is 0 Å². The van der Waals surface area contributed by atoms with Crippen LogP contribution in [0.2, 0.25) is 0 Å². The minimum absolute atomic E-state index is 0.0375. The molecule has 2 heterocycles. The van der Waals surface area contributed by atoms with Crippen molar-refractivity contribution in [3.8, 4) is 0 Å². The predicted molar refractivity (Wildman–Crippen MR) is 92.2 cm³/mol. The number of hydrogen-bond acceptors (Lipinski definition) is 5. The first-order valence-corrected chi connectivity index (χ1v) is 10.6. The third kappa shape index (κ3) is 3.79. The third-order valence-electron chi connectivity index (χ3n) is 4.97. The fraction of sp³-hybridized carbons (Fsp3) is 0.647. The minimum Gasteiger partial charge on any atom is -0.455 e. The first-order chi connectivity index (χ1) is 11.8. The molecule has 0 aromatic carbocycles. The monoisotopic (exact) mass is 368 g/mol. The fourth-order valence-electron chi connectivity index (χ4n) is 3.71. The summed E-state index contributed by atoms with van der Waals surface area (Å²) < 4.78 is 31.0. The zero-order valence-electron chi connectivity index (χ0n) is 14.6. The Bertz CT molecular complexity index is 796. The van der Waals surface area contributed by atoms with E-state index in [0.29, 0.717) is 36.3 Å². The summed E-state index contributed by atoms with van der Waals surface area (Å²) in [5, 5.41) is 0. The van der Waals surface area contributed by atoms with E-state index in [1.165, 1.54) is 0 Å². The van der Waals surface area contributed by atoms with Gasteiger partial charge in [-0.15, -0.1) is 0 Å². The Labute approximate surface area is 147 Å². The highest BCUT2D eigenvalue weighted by atomic mass is 32.2. The summed E-state index contributed by atoms with van der Waals surface area (Å²) in [5.74, 6) is 0.626. The van der Waals surface area contributed by atoms with Gasteiger partial charge in [0.05, 0.1) is 11.8 Å². The Hall–Kier alpha value is -1.67. The maximum absolute atomic E-state index is 13.0. The van der Waals surface area contributed by atoms with E-state index >= 15 is 0 Å². The topological polar surface area (TPSA) is 96.7 Å². The minimum atomic E-state index is -3.31. The molecule has 1 amide bonds. The Morgan fingerprint density at radius 3 is 2.72 bits per heavy atom. The van der Waals surface area contributed by atoms with Crippen molar-refractivity contribution in [3.05, 3.63) is 22.6 Å². The van der Waals surface area contributed by atoms with Gasteiger partial charge in [-0.3, -0.25) is 9.59 Å². The summed E-state index contributed by atoms with van der Waals surface area (Å²) in [6.07, 6.45) is 5.59. The van der Waals surface area contributed by atoms with Crippen molar-refractivity contribution in [2.24, 2.45) is 0 Å². The summed E-state index contributed by atoms with van der Waals surface area (Å²) >= 11 is 0. The number of carbonyl (C=O) groups is 2. The van der Waals surface area contributed by atoms with E-state index in [1.54, 1.807) is 11.8 Å². The van der Waals surface area contributed by atoms with Crippen molar-refractivity contribution in [1.29, 1.82) is 0 Å². The molecule has 1 N–H and O–H groups in total. The molecule has 25 heavy (non-hydrogen) atoms. The average Bonchev–Trinajstić information content (AvgIpc) is 2.90. The number of hydrogen-bond donors (Lipinski definition) is 1. The summed E-state index contributed by atoms with van der Waals surface area (Å²) in [5.41, 5.74) is 1.18. The molecular weight excluding hydrogens is 344 g/mol. The number of nitrogens with zero attached hydrogens (tertiary/aromatic N) is 1. The van der Waals surface area contributed by atoms with E-state index < -0.39 is 10.0 Å². The van der Waals surface area contributed by atoms with Gasteiger partial charge in [0.2, 0.25) is 10.0 Å². The molecule has 138 valence electrons. The van der Waals surface area contributed by atoms with Crippen LogP contribution in [0, 0.1) is 6.92 Å². The summed E-state index contributed by atoms with van der Waals surface area (Å²) in [4.78, 5) is 26.8. The van der Waals surface area contributed by atoms with Crippen LogP contribution in [0.1, 0.15) is 64.3 Å². The molecule has 1 fully saturated rings. The number of ketones is 1. The van der Waals surface area contributed by atoms with E-state index in [-0.39, 0.29) is 30.0 Å². The molecule has 8 heteroatoms. The molecule has 1 aliphatic heterocycles. The number of aryl methyl sites for hydroxylation is 1. The van der Waals surface area contributed by atoms with Crippen molar-refractivity contribution in [3.63, 3.8) is 0 Å². The van der Waals surface area contributed by atoms with E-state index in [2.05, 4.69) is 4.72 Å². The lowest BCUT2D eigenvalue weighted by Gasteiger charge is -2.35. The largest absolute Gasteiger partial charge is 0.455 e. The second-order valence-electron chi connectivity index (χ2n) is 6.90. The number of fused-ring (bicyclic) bond motifs is 1. The van der Waals surface area contributed by atoms with Crippen LogP contribution in [0.5, 0.6) is 0 Å². The van der Waals surface area contributed by atoms with Gasteiger partial charge in [-0.1, -0.05) is 0 Å². The lowest BCUT2D eigenvalue weighted by molar-refractivity contribution is 0.0583. The number of sulfonamides is 1. The van der Waals surface area contributed by atoms with Gasteiger partial charge in [-0.2, -0.15) is 0 Å². The van der Waals surface area contributed by atoms with Gasteiger partial charge < -0.3 is 9.32 Å². The zero-order chi connectivity index (χ0) is 18.2. The molecule has 1 aliphatic carbocycles. The second-order valence-corrected chi connectivity index (χ2v) is 8.73. The first kappa shape index (κ1) is 18.1. The van der Waals surface area contributed by atoms with Crippen LogP contribution in [-0.2, 0) is 16.4 Å². The molecule has 0 bridgehead atoms. The number of furan rings is 1. The molecule has 7 nitrogen and oxygen atoms in total. The van der Waals surface area contributed by atoms with Crippen LogP contribution >= 0.6 is 0 Å². The van der Waals surface area contributed by atoms with Crippen molar-refractivity contribution in [2.45, 2.75) is 51.5 Å². The van der Waals surface area contributed by atoms with Gasteiger partial charge in [0, 0.05) is 37.5 Å². The van der Waals surface area contributed by atoms with E-state index in [9.17, 15) is 18.0 Å². The molecule has 3 rings (SSSR count). The van der Waals surface area contributed by atoms with Crippen molar-refractivity contribution < 1.29 is 22.4 Å². The lowest BCUT2D eigenvalue weighted by atomic mass is 9.93. The molecule has 1 saturated heterocycles. The maximum atomic E-state index is 13.0. The number of rotatable bonds is 4. The molecule has 0 spiro atoms. The Balaban J connectivity index is 1.84. The van der Waals surface area contributed by atoms with E-state index in [0.717, 1.165) is 31.9 Å². The van der Waals surface area contributed by atoms with Gasteiger partial charge in [0.25, 0.3) is 5.91 Å². The van der Waals surface area contributed by atoms with Crippen LogP contribution in [0.3, 0.4) is 0 Å². The maximum Gasteiger partial charge on any atom is 0.290 e. The predicted octanol–water partition coefficient (Wildman–Crippen LogP) is 1.65. The van der Waals surface area contributed by atoms with Gasteiger partial charge in [0.15, 0.2) is 11.5 Å². The van der Waals surface area contributed by atoms with Crippen LogP contribution in [0.15, 0.2) is 4.42 Å². The summed E-state index contributed by atoms with van der Waals surface area (Å²) in [6, 6.07) is -0.201. The van der Waals surface area contributed by atoms with Crippen LogP contribution in [0.4, 0.5) is 0 Å². The molecule has 1 atom stereocenters. The molecule has 0 radical (unpaired) electrons. The van der Waals surface area contributed by atoms with Crippen molar-refractivity contribution in [2.75, 3.05) is 19.3 Å². The van der Waals surface area contributed by atoms with E-state index in [4.69, 9.17) is 4.42 Å². The zero-order valence-corrected chi connectivity index (χ0v) is 15.4. The average molecular weight is 368 g/mol. The highest BCUT2D eigenvalue weighted by Gasteiger charge is 2.34. The van der Waals surface area contributed by atoms with Gasteiger partial charge >= 0.3 is 0 Å². The van der Waals surface area contributed by atoms with Crippen LogP contribution in [-0.4, -0.2) is 50.4 Å². The molecule has 0 saturated carbocycles. The fourth-order valence-corrected chi connectivity index (χ4v) is 4.21. The normalized spacial score (nSPS) is 21.3. The quantitative estimate of drug-likeness (QED) is 0.872. The Kier molecular flexibility index (Phi) is 5.02. The summed E-state index contributed by atoms with van der Waals surface area (Å²) in [6.45, 7) is 2.52. The highest BCUT2D eigenvalue weighted by Crippen LogP contribution is 2.31. The molecule has 1 aromatic rings. The number of likely N-dealkylation sites (tertiary alicyclic amines) is 1. The standard InChI is InChI=1S/C17H24N2O5S/c1-11-15-13(20)7-5-8-14(15)24-16(11)17(21)19-9-4-3-6-12(19)10-18-25(2,22)23/h12,18H,3-10H2,1-2H3/t12-/m1/s1. The van der Waals surface area contributed by atoms with Crippen LogP contribution < -0.4 is 4.72 Å². The highest BCUT2D eigenvalue weighted by molar-refractivity contribution is 7.88. The van der Waals surface area contributed by atoms with E-state index in [1.807, 2.05) is 0 Å². The number of piperidine rings is 1. The van der Waals surface area contributed by atoms with Gasteiger partial charge in [-0.05, 0) is 32.6 Å². The Morgan fingerprint density at radius 1 is 1.28 bits per heavy atom. The Morgan fingerprint density at radius 2 is 2.04 bits per heavy atom. The van der Waals surface area contributed by atoms with Gasteiger partial charge in [0.1, 0.15) is 5.76 Å².